The fourth-order valence-electron chi connectivity index (χ4n) is 4.20. The predicted molar refractivity (Wildman–Crippen MR) is 115 cm³/mol. The first kappa shape index (κ1) is 20.3. The number of thioether (sulfide) groups is 1. The van der Waals surface area contributed by atoms with Crippen LogP contribution in [0.5, 0.6) is 0 Å². The summed E-state index contributed by atoms with van der Waals surface area (Å²) in [5.74, 6) is 4.00. The molecule has 4 rings (SSSR count). The Morgan fingerprint density at radius 2 is 2.14 bits per heavy atom. The Hall–Kier alpha value is -2.02. The minimum Gasteiger partial charge on any atom is -0.461 e. The van der Waals surface area contributed by atoms with Crippen molar-refractivity contribution < 1.29 is 9.21 Å². The van der Waals surface area contributed by atoms with Crippen molar-refractivity contribution in [3.8, 4) is 0 Å². The van der Waals surface area contributed by atoms with Crippen LogP contribution in [0.1, 0.15) is 74.8 Å². The summed E-state index contributed by atoms with van der Waals surface area (Å²) in [7, 11) is 0. The average molecular weight is 415 g/mol. The molecule has 156 valence electrons. The molecule has 0 aromatic carbocycles. The van der Waals surface area contributed by atoms with Gasteiger partial charge in [0.05, 0.1) is 0 Å². The largest absolute Gasteiger partial charge is 0.461 e. The van der Waals surface area contributed by atoms with Crippen LogP contribution in [0.15, 0.2) is 27.8 Å². The standard InChI is InChI=1S/C22H30N4O2S/c1-15-14-18(15)19-11-9-17(28-19)10-12-21(27)23-13-5-8-20-24-25-22(29-2)26(20)16-6-3-4-7-16/h9-12,15-16,18H,3-8,13-14H2,1-2H3,(H,23,27)/b12-10+/t15-,18-/m0/s1. The number of carbonyl (C=O) groups excluding carboxylic acids is 1. The highest BCUT2D eigenvalue weighted by atomic mass is 32.2. The SMILES string of the molecule is CSc1nnc(CCCNC(=O)/C=C/c2ccc([C@H]3C[C@@H]3C)o2)n1C1CCCC1. The summed E-state index contributed by atoms with van der Waals surface area (Å²) in [6.07, 6.45) is 13.2. The summed E-state index contributed by atoms with van der Waals surface area (Å²) in [4.78, 5) is 12.1. The zero-order valence-corrected chi connectivity index (χ0v) is 18.1. The van der Waals surface area contributed by atoms with Gasteiger partial charge in [0.15, 0.2) is 5.16 Å². The van der Waals surface area contributed by atoms with Crippen LogP contribution in [0.4, 0.5) is 0 Å². The lowest BCUT2D eigenvalue weighted by atomic mass is 10.2. The maximum atomic E-state index is 12.1. The van der Waals surface area contributed by atoms with E-state index in [-0.39, 0.29) is 5.91 Å². The van der Waals surface area contributed by atoms with E-state index in [1.165, 1.54) is 32.1 Å². The normalized spacial score (nSPS) is 21.9. The fraction of sp³-hybridized carbons (Fsp3) is 0.591. The first-order chi connectivity index (χ1) is 14.2. The second-order valence-corrected chi connectivity index (χ2v) is 8.97. The quantitative estimate of drug-likeness (QED) is 0.369. The van der Waals surface area contributed by atoms with Crippen LogP contribution < -0.4 is 5.32 Å². The maximum absolute atomic E-state index is 12.1. The van der Waals surface area contributed by atoms with Gasteiger partial charge < -0.3 is 14.3 Å². The van der Waals surface area contributed by atoms with Crippen molar-refractivity contribution in [2.24, 2.45) is 5.92 Å². The van der Waals surface area contributed by atoms with Crippen molar-refractivity contribution in [3.63, 3.8) is 0 Å². The highest BCUT2D eigenvalue weighted by molar-refractivity contribution is 7.98. The lowest BCUT2D eigenvalue weighted by Crippen LogP contribution is -2.23. The third-order valence-electron chi connectivity index (χ3n) is 6.01. The first-order valence-electron chi connectivity index (χ1n) is 10.7. The van der Waals surface area contributed by atoms with Gasteiger partial charge >= 0.3 is 0 Å². The number of nitrogens with one attached hydrogen (secondary N) is 1. The molecule has 2 saturated carbocycles. The van der Waals surface area contributed by atoms with Crippen molar-refractivity contribution in [1.82, 2.24) is 20.1 Å². The van der Waals surface area contributed by atoms with Crippen molar-refractivity contribution in [3.05, 3.63) is 35.6 Å². The molecule has 0 aliphatic heterocycles. The molecule has 0 unspecified atom stereocenters. The molecule has 2 aliphatic carbocycles. The number of nitrogens with zero attached hydrogens (tertiary/aromatic N) is 3. The molecule has 1 N–H and O–H groups in total. The Balaban J connectivity index is 1.23. The fourth-order valence-corrected chi connectivity index (χ4v) is 4.77. The molecule has 7 heteroatoms. The third kappa shape index (κ3) is 4.94. The molecule has 0 radical (unpaired) electrons. The topological polar surface area (TPSA) is 73.0 Å². The van der Waals surface area contributed by atoms with E-state index in [1.54, 1.807) is 23.9 Å². The summed E-state index contributed by atoms with van der Waals surface area (Å²) < 4.78 is 8.13. The monoisotopic (exact) mass is 414 g/mol. The van der Waals surface area contributed by atoms with E-state index in [1.807, 2.05) is 12.1 Å². The van der Waals surface area contributed by atoms with E-state index in [0.29, 0.717) is 24.4 Å². The van der Waals surface area contributed by atoms with Gasteiger partial charge in [-0.25, -0.2) is 0 Å². The molecule has 29 heavy (non-hydrogen) atoms. The Morgan fingerprint density at radius 3 is 2.86 bits per heavy atom. The Morgan fingerprint density at radius 1 is 1.34 bits per heavy atom. The van der Waals surface area contributed by atoms with Crippen LogP contribution in [0.2, 0.25) is 0 Å². The van der Waals surface area contributed by atoms with Gasteiger partial charge in [0.25, 0.3) is 0 Å². The molecule has 2 fully saturated rings. The van der Waals surface area contributed by atoms with Crippen molar-refractivity contribution in [2.45, 2.75) is 69.0 Å². The number of hydrogen-bond acceptors (Lipinski definition) is 5. The maximum Gasteiger partial charge on any atom is 0.244 e. The Kier molecular flexibility index (Phi) is 6.43. The van der Waals surface area contributed by atoms with Crippen molar-refractivity contribution >= 4 is 23.7 Å². The number of aryl methyl sites for hydroxylation is 1. The minimum absolute atomic E-state index is 0.0928. The predicted octanol–water partition coefficient (Wildman–Crippen LogP) is 4.59. The molecular formula is C22H30N4O2S. The zero-order chi connectivity index (χ0) is 20.2. The Bertz CT molecular complexity index is 866. The summed E-state index contributed by atoms with van der Waals surface area (Å²) >= 11 is 1.66. The molecule has 6 nitrogen and oxygen atoms in total. The summed E-state index contributed by atoms with van der Waals surface area (Å²) in [6.45, 7) is 2.85. The number of aromatic nitrogens is 3. The molecule has 0 bridgehead atoms. The van der Waals surface area contributed by atoms with Gasteiger partial charge in [-0.3, -0.25) is 4.79 Å². The van der Waals surface area contributed by atoms with Crippen molar-refractivity contribution in [1.29, 1.82) is 0 Å². The zero-order valence-electron chi connectivity index (χ0n) is 17.3. The lowest BCUT2D eigenvalue weighted by molar-refractivity contribution is -0.116. The molecule has 0 spiro atoms. The molecule has 0 saturated heterocycles. The van der Waals surface area contributed by atoms with Crippen molar-refractivity contribution in [2.75, 3.05) is 12.8 Å². The second kappa shape index (κ2) is 9.20. The van der Waals surface area contributed by atoms with E-state index in [0.717, 1.165) is 35.3 Å². The van der Waals surface area contributed by atoms with E-state index in [4.69, 9.17) is 4.42 Å². The number of carbonyl (C=O) groups is 1. The van der Waals surface area contributed by atoms with Crippen LogP contribution >= 0.6 is 11.8 Å². The van der Waals surface area contributed by atoms with E-state index < -0.39 is 0 Å². The number of rotatable bonds is 9. The second-order valence-electron chi connectivity index (χ2n) is 8.20. The molecular weight excluding hydrogens is 384 g/mol. The Labute approximate surface area is 176 Å². The molecule has 1 amide bonds. The van der Waals surface area contributed by atoms with Gasteiger partial charge in [-0.1, -0.05) is 31.5 Å². The highest BCUT2D eigenvalue weighted by Crippen LogP contribution is 2.47. The minimum atomic E-state index is -0.0928. The van der Waals surface area contributed by atoms with Crippen LogP contribution in [0.25, 0.3) is 6.08 Å². The first-order valence-corrected chi connectivity index (χ1v) is 11.9. The van der Waals surface area contributed by atoms with E-state index in [2.05, 4.69) is 33.3 Å². The van der Waals surface area contributed by atoms with Gasteiger partial charge in [-0.05, 0) is 56.1 Å². The lowest BCUT2D eigenvalue weighted by Gasteiger charge is -2.16. The van der Waals surface area contributed by atoms with Crippen LogP contribution in [-0.2, 0) is 11.2 Å². The van der Waals surface area contributed by atoms with Gasteiger partial charge in [-0.15, -0.1) is 10.2 Å². The molecule has 2 atom stereocenters. The average Bonchev–Trinajstić information content (AvgIpc) is 3.18. The molecule has 2 aromatic rings. The highest BCUT2D eigenvalue weighted by Gasteiger charge is 2.36. The number of hydrogen-bond donors (Lipinski definition) is 1. The van der Waals surface area contributed by atoms with Crippen LogP contribution in [0, 0.1) is 5.92 Å². The smallest absolute Gasteiger partial charge is 0.244 e. The molecule has 2 heterocycles. The van der Waals surface area contributed by atoms with Gasteiger partial charge in [0.1, 0.15) is 17.3 Å². The molecule has 2 aromatic heterocycles. The van der Waals surface area contributed by atoms with Crippen LogP contribution in [0.3, 0.4) is 0 Å². The summed E-state index contributed by atoms with van der Waals surface area (Å²) in [5.41, 5.74) is 0. The van der Waals surface area contributed by atoms with Gasteiger partial charge in [0.2, 0.25) is 5.91 Å². The molecule has 2 aliphatic rings. The summed E-state index contributed by atoms with van der Waals surface area (Å²) in [6, 6.07) is 4.50. The number of amides is 1. The van der Waals surface area contributed by atoms with Gasteiger partial charge in [0, 0.05) is 31.0 Å². The van der Waals surface area contributed by atoms with Gasteiger partial charge in [-0.2, -0.15) is 0 Å². The summed E-state index contributed by atoms with van der Waals surface area (Å²) in [5, 5.41) is 12.7. The number of furan rings is 1. The third-order valence-corrected chi connectivity index (χ3v) is 6.65. The van der Waals surface area contributed by atoms with E-state index >= 15 is 0 Å². The van der Waals surface area contributed by atoms with Crippen LogP contribution in [-0.4, -0.2) is 33.5 Å². The van der Waals surface area contributed by atoms with E-state index in [9.17, 15) is 4.79 Å².